The van der Waals surface area contributed by atoms with E-state index in [0.717, 1.165) is 5.56 Å². The maximum absolute atomic E-state index is 11.9. The van der Waals surface area contributed by atoms with Gasteiger partial charge < -0.3 is 10.4 Å². The zero-order valence-corrected chi connectivity index (χ0v) is 11.5. The average Bonchev–Trinajstić information content (AvgIpc) is 2.69. The Hall–Kier alpha value is -1.56. The Morgan fingerprint density at radius 3 is 2.84 bits per heavy atom. The van der Waals surface area contributed by atoms with Crippen molar-refractivity contribution in [1.29, 1.82) is 0 Å². The molecule has 0 spiro atoms. The van der Waals surface area contributed by atoms with Crippen LogP contribution in [0.25, 0.3) is 0 Å². The van der Waals surface area contributed by atoms with Crippen LogP contribution in [0.4, 0.5) is 0 Å². The molecule has 1 aliphatic rings. The van der Waals surface area contributed by atoms with E-state index in [1.54, 1.807) is 12.1 Å². The highest BCUT2D eigenvalue weighted by molar-refractivity contribution is 7.91. The number of benzene rings is 1. The standard InChI is InChI=1S/C13H17NO4S/c1-9-2-3-12(15)11(6-9)13(16)14-7-10-4-5-19(17,18)8-10/h2-3,6,10,15H,4-5,7-8H2,1H3,(H,14,16). The maximum Gasteiger partial charge on any atom is 0.255 e. The smallest absolute Gasteiger partial charge is 0.255 e. The summed E-state index contributed by atoms with van der Waals surface area (Å²) in [4.78, 5) is 11.9. The van der Waals surface area contributed by atoms with Gasteiger partial charge in [0.05, 0.1) is 17.1 Å². The number of aryl methyl sites for hydroxylation is 1. The molecule has 1 aromatic rings. The highest BCUT2D eigenvalue weighted by Gasteiger charge is 2.28. The van der Waals surface area contributed by atoms with Crippen LogP contribution in [0, 0.1) is 12.8 Å². The molecule has 19 heavy (non-hydrogen) atoms. The van der Waals surface area contributed by atoms with Crippen LogP contribution in [-0.4, -0.2) is 37.5 Å². The highest BCUT2D eigenvalue weighted by Crippen LogP contribution is 2.20. The van der Waals surface area contributed by atoms with Gasteiger partial charge in [0.15, 0.2) is 9.84 Å². The summed E-state index contributed by atoms with van der Waals surface area (Å²) < 4.78 is 22.6. The molecule has 5 nitrogen and oxygen atoms in total. The van der Waals surface area contributed by atoms with Crippen LogP contribution in [0.15, 0.2) is 18.2 Å². The van der Waals surface area contributed by atoms with Crippen LogP contribution < -0.4 is 5.32 Å². The van der Waals surface area contributed by atoms with Crippen LogP contribution in [0.2, 0.25) is 0 Å². The second-order valence-corrected chi connectivity index (χ2v) is 7.23. The van der Waals surface area contributed by atoms with Crippen molar-refractivity contribution in [1.82, 2.24) is 5.32 Å². The summed E-state index contributed by atoms with van der Waals surface area (Å²) in [5, 5.41) is 12.3. The lowest BCUT2D eigenvalue weighted by atomic mass is 10.1. The number of sulfone groups is 1. The Morgan fingerprint density at radius 2 is 2.21 bits per heavy atom. The third kappa shape index (κ3) is 3.47. The number of rotatable bonds is 3. The van der Waals surface area contributed by atoms with E-state index in [0.29, 0.717) is 13.0 Å². The number of carbonyl (C=O) groups excluding carboxylic acids is 1. The summed E-state index contributed by atoms with van der Waals surface area (Å²) >= 11 is 0. The summed E-state index contributed by atoms with van der Waals surface area (Å²) in [6.07, 6.45) is 0.586. The van der Waals surface area contributed by atoms with Crippen LogP contribution in [0.3, 0.4) is 0 Å². The second-order valence-electron chi connectivity index (χ2n) is 5.00. The summed E-state index contributed by atoms with van der Waals surface area (Å²) in [5.41, 5.74) is 1.10. The molecule has 1 aromatic carbocycles. The molecular formula is C13H17NO4S. The van der Waals surface area contributed by atoms with E-state index < -0.39 is 9.84 Å². The number of hydrogen-bond acceptors (Lipinski definition) is 4. The van der Waals surface area contributed by atoms with Crippen LogP contribution in [0.5, 0.6) is 5.75 Å². The predicted molar refractivity (Wildman–Crippen MR) is 71.9 cm³/mol. The fraction of sp³-hybridized carbons (Fsp3) is 0.462. The molecule has 0 aromatic heterocycles. The van der Waals surface area contributed by atoms with Crippen molar-refractivity contribution in [3.8, 4) is 5.75 Å². The number of phenolic OH excluding ortho intramolecular Hbond substituents is 1. The molecule has 104 valence electrons. The van der Waals surface area contributed by atoms with E-state index in [9.17, 15) is 18.3 Å². The first-order chi connectivity index (χ1) is 8.87. The monoisotopic (exact) mass is 283 g/mol. The van der Waals surface area contributed by atoms with Gasteiger partial charge in [0.2, 0.25) is 0 Å². The lowest BCUT2D eigenvalue weighted by molar-refractivity contribution is 0.0945. The normalized spacial score (nSPS) is 21.2. The molecule has 1 saturated heterocycles. The molecule has 1 unspecified atom stereocenters. The lowest BCUT2D eigenvalue weighted by Crippen LogP contribution is -2.29. The van der Waals surface area contributed by atoms with Gasteiger partial charge in [-0.3, -0.25) is 4.79 Å². The Kier molecular flexibility index (Phi) is 3.80. The van der Waals surface area contributed by atoms with E-state index in [4.69, 9.17) is 0 Å². The summed E-state index contributed by atoms with van der Waals surface area (Å²) in [7, 11) is -2.92. The van der Waals surface area contributed by atoms with Crippen LogP contribution >= 0.6 is 0 Å². The molecule has 0 radical (unpaired) electrons. The predicted octanol–water partition coefficient (Wildman–Crippen LogP) is 0.865. The quantitative estimate of drug-likeness (QED) is 0.862. The van der Waals surface area contributed by atoms with E-state index in [-0.39, 0.29) is 34.6 Å². The topological polar surface area (TPSA) is 83.5 Å². The fourth-order valence-corrected chi connectivity index (χ4v) is 4.06. The third-order valence-corrected chi connectivity index (χ3v) is 5.11. The van der Waals surface area contributed by atoms with Gasteiger partial charge >= 0.3 is 0 Å². The molecular weight excluding hydrogens is 266 g/mol. The van der Waals surface area contributed by atoms with Gasteiger partial charge in [0, 0.05) is 6.54 Å². The van der Waals surface area contributed by atoms with Gasteiger partial charge in [0.1, 0.15) is 5.75 Å². The van der Waals surface area contributed by atoms with Crippen LogP contribution in [0.1, 0.15) is 22.3 Å². The van der Waals surface area contributed by atoms with E-state index in [1.807, 2.05) is 6.92 Å². The molecule has 1 atom stereocenters. The number of aromatic hydroxyl groups is 1. The highest BCUT2D eigenvalue weighted by atomic mass is 32.2. The van der Waals surface area contributed by atoms with Crippen LogP contribution in [-0.2, 0) is 9.84 Å². The van der Waals surface area contributed by atoms with E-state index in [2.05, 4.69) is 5.32 Å². The summed E-state index contributed by atoms with van der Waals surface area (Å²) in [5.74, 6) is -0.135. The minimum atomic E-state index is -2.92. The van der Waals surface area contributed by atoms with Crippen molar-refractivity contribution in [2.75, 3.05) is 18.1 Å². The molecule has 2 rings (SSSR count). The largest absolute Gasteiger partial charge is 0.507 e. The zero-order valence-electron chi connectivity index (χ0n) is 10.7. The van der Waals surface area contributed by atoms with E-state index >= 15 is 0 Å². The van der Waals surface area contributed by atoms with Crippen molar-refractivity contribution < 1.29 is 18.3 Å². The molecule has 2 N–H and O–H groups in total. The number of amides is 1. The lowest BCUT2D eigenvalue weighted by Gasteiger charge is -2.11. The molecule has 1 amide bonds. The molecule has 0 saturated carbocycles. The summed E-state index contributed by atoms with van der Waals surface area (Å²) in [6.45, 7) is 2.16. The van der Waals surface area contributed by atoms with Gasteiger partial charge in [-0.2, -0.15) is 0 Å². The Labute approximate surface area is 112 Å². The van der Waals surface area contributed by atoms with Crippen molar-refractivity contribution in [3.63, 3.8) is 0 Å². The number of nitrogens with one attached hydrogen (secondary N) is 1. The Bertz CT molecular complexity index is 595. The molecule has 6 heteroatoms. The molecule has 1 heterocycles. The maximum atomic E-state index is 11.9. The van der Waals surface area contributed by atoms with Gasteiger partial charge in [0.25, 0.3) is 5.91 Å². The van der Waals surface area contributed by atoms with Gasteiger partial charge in [-0.05, 0) is 31.4 Å². The third-order valence-electron chi connectivity index (χ3n) is 3.27. The molecule has 0 bridgehead atoms. The average molecular weight is 283 g/mol. The Balaban J connectivity index is 1.97. The second kappa shape index (κ2) is 5.21. The minimum absolute atomic E-state index is 0.0269. The number of carbonyl (C=O) groups is 1. The van der Waals surface area contributed by atoms with Crippen molar-refractivity contribution in [3.05, 3.63) is 29.3 Å². The van der Waals surface area contributed by atoms with E-state index in [1.165, 1.54) is 6.07 Å². The van der Waals surface area contributed by atoms with Gasteiger partial charge in [-0.15, -0.1) is 0 Å². The zero-order chi connectivity index (χ0) is 14.0. The Morgan fingerprint density at radius 1 is 1.47 bits per heavy atom. The van der Waals surface area contributed by atoms with Crippen molar-refractivity contribution in [2.45, 2.75) is 13.3 Å². The fourth-order valence-electron chi connectivity index (χ4n) is 2.20. The first-order valence-corrected chi connectivity index (χ1v) is 7.98. The number of hydrogen-bond donors (Lipinski definition) is 2. The van der Waals surface area contributed by atoms with Gasteiger partial charge in [-0.25, -0.2) is 8.42 Å². The minimum Gasteiger partial charge on any atom is -0.507 e. The number of phenols is 1. The first kappa shape index (κ1) is 13.9. The molecule has 0 aliphatic carbocycles. The van der Waals surface area contributed by atoms with Crippen molar-refractivity contribution in [2.24, 2.45) is 5.92 Å². The van der Waals surface area contributed by atoms with Crippen molar-refractivity contribution >= 4 is 15.7 Å². The molecule has 1 aliphatic heterocycles. The first-order valence-electron chi connectivity index (χ1n) is 6.15. The SMILES string of the molecule is Cc1ccc(O)c(C(=O)NCC2CCS(=O)(=O)C2)c1. The summed E-state index contributed by atoms with van der Waals surface area (Å²) in [6, 6.07) is 4.80. The molecule has 1 fully saturated rings. The van der Waals surface area contributed by atoms with Gasteiger partial charge in [-0.1, -0.05) is 11.6 Å².